The molecule has 0 aliphatic carbocycles. The summed E-state index contributed by atoms with van der Waals surface area (Å²) in [5, 5.41) is 15.1. The van der Waals surface area contributed by atoms with Gasteiger partial charge in [-0.05, 0) is 39.1 Å². The molecule has 0 spiro atoms. The lowest BCUT2D eigenvalue weighted by atomic mass is 9.88. The van der Waals surface area contributed by atoms with Gasteiger partial charge in [-0.3, -0.25) is 0 Å². The van der Waals surface area contributed by atoms with Crippen LogP contribution in [-0.4, -0.2) is 11.2 Å². The highest BCUT2D eigenvalue weighted by Crippen LogP contribution is 2.33. The van der Waals surface area contributed by atoms with Crippen LogP contribution in [0.3, 0.4) is 0 Å². The number of benzene rings is 3. The van der Waals surface area contributed by atoms with Crippen molar-refractivity contribution < 1.29 is 5.11 Å². The Bertz CT molecular complexity index is 785. The molecule has 116 valence electrons. The molecule has 0 saturated carbocycles. The third-order valence-electron chi connectivity index (χ3n) is 4.21. The van der Waals surface area contributed by atoms with Crippen LogP contribution in [0.2, 0.25) is 0 Å². The lowest BCUT2D eigenvalue weighted by molar-refractivity contribution is 0.0984. The molecule has 3 aromatic carbocycles. The molecule has 2 nitrogen and oxygen atoms in total. The Labute approximate surface area is 137 Å². The Kier molecular flexibility index (Phi) is 5.07. The molecule has 0 heterocycles. The molecule has 0 fully saturated rings. The Balaban J connectivity index is 0.00000176. The Morgan fingerprint density at radius 2 is 1.41 bits per heavy atom. The van der Waals surface area contributed by atoms with Crippen molar-refractivity contribution in [2.45, 2.75) is 26.0 Å². The fraction of sp³-hybridized carbons (Fsp3) is 0.263. The fourth-order valence-electron chi connectivity index (χ4n) is 2.96. The van der Waals surface area contributed by atoms with Crippen molar-refractivity contribution in [2.24, 2.45) is 11.7 Å². The number of halogens is 1. The monoisotopic (exact) mass is 315 g/mol. The largest absolute Gasteiger partial charge is 0.391 e. The number of fused-ring (bicyclic) bond motifs is 3. The maximum atomic E-state index is 10.4. The van der Waals surface area contributed by atoms with E-state index in [2.05, 4.69) is 36.4 Å². The second kappa shape index (κ2) is 6.66. The van der Waals surface area contributed by atoms with Gasteiger partial charge in [-0.1, -0.05) is 62.4 Å². The number of aliphatic hydroxyl groups is 1. The van der Waals surface area contributed by atoms with Crippen LogP contribution in [0.4, 0.5) is 0 Å². The first kappa shape index (κ1) is 16.8. The fourth-order valence-corrected chi connectivity index (χ4v) is 2.96. The Hall–Kier alpha value is -1.61. The van der Waals surface area contributed by atoms with E-state index in [9.17, 15) is 5.11 Å². The van der Waals surface area contributed by atoms with E-state index in [1.165, 1.54) is 10.8 Å². The summed E-state index contributed by atoms with van der Waals surface area (Å²) in [6.07, 6.45) is -0.547. The van der Waals surface area contributed by atoms with Crippen LogP contribution in [0, 0.1) is 5.92 Å². The van der Waals surface area contributed by atoms with E-state index < -0.39 is 6.10 Å². The molecule has 0 aliphatic heterocycles. The zero-order valence-electron chi connectivity index (χ0n) is 12.9. The molecule has 0 radical (unpaired) electrons. The molecule has 0 aromatic heterocycles. The second-order valence-corrected chi connectivity index (χ2v) is 5.99. The van der Waals surface area contributed by atoms with E-state index in [1.807, 2.05) is 32.0 Å². The van der Waals surface area contributed by atoms with Gasteiger partial charge in [-0.2, -0.15) is 0 Å². The molecule has 3 heteroatoms. The van der Waals surface area contributed by atoms with Gasteiger partial charge >= 0.3 is 0 Å². The smallest absolute Gasteiger partial charge is 0.0755 e. The SMILES string of the molecule is CC(C)[C@@H](O)[C@@H](N)c1cc2ccccc2c2ccccc12.Cl. The van der Waals surface area contributed by atoms with Crippen molar-refractivity contribution in [1.29, 1.82) is 0 Å². The van der Waals surface area contributed by atoms with Gasteiger partial charge in [0.25, 0.3) is 0 Å². The number of hydrogen-bond acceptors (Lipinski definition) is 2. The highest BCUT2D eigenvalue weighted by atomic mass is 35.5. The minimum Gasteiger partial charge on any atom is -0.391 e. The van der Waals surface area contributed by atoms with Crippen LogP contribution in [0.1, 0.15) is 25.5 Å². The predicted octanol–water partition coefficient (Wildman–Crippen LogP) is 4.43. The normalized spacial score (nSPS) is 14.0. The van der Waals surface area contributed by atoms with E-state index >= 15 is 0 Å². The molecular weight excluding hydrogens is 294 g/mol. The van der Waals surface area contributed by atoms with Gasteiger partial charge in [0, 0.05) is 0 Å². The van der Waals surface area contributed by atoms with Gasteiger partial charge in [-0.25, -0.2) is 0 Å². The minimum absolute atomic E-state index is 0. The molecule has 0 aliphatic rings. The first-order valence-corrected chi connectivity index (χ1v) is 7.43. The van der Waals surface area contributed by atoms with Gasteiger partial charge in [0.05, 0.1) is 12.1 Å². The van der Waals surface area contributed by atoms with E-state index in [0.717, 1.165) is 16.3 Å². The average Bonchev–Trinajstić information content (AvgIpc) is 2.52. The summed E-state index contributed by atoms with van der Waals surface area (Å²) in [4.78, 5) is 0. The summed E-state index contributed by atoms with van der Waals surface area (Å²) in [5.41, 5.74) is 7.37. The Morgan fingerprint density at radius 1 is 0.864 bits per heavy atom. The molecule has 3 aromatic rings. The molecule has 0 bridgehead atoms. The van der Waals surface area contributed by atoms with Crippen LogP contribution >= 0.6 is 12.4 Å². The standard InChI is InChI=1S/C19H21NO.ClH/c1-12(2)19(21)18(20)17-11-13-7-3-4-8-14(13)15-9-5-6-10-16(15)17;/h3-12,18-19,21H,20H2,1-2H3;1H/t18-,19+;/m0./s1. The van der Waals surface area contributed by atoms with Crippen molar-refractivity contribution >= 4 is 34.0 Å². The van der Waals surface area contributed by atoms with Crippen LogP contribution in [0.5, 0.6) is 0 Å². The first-order chi connectivity index (χ1) is 10.1. The average molecular weight is 316 g/mol. The van der Waals surface area contributed by atoms with Gasteiger partial charge in [0.2, 0.25) is 0 Å². The van der Waals surface area contributed by atoms with Crippen LogP contribution < -0.4 is 5.73 Å². The maximum absolute atomic E-state index is 10.4. The molecule has 0 unspecified atom stereocenters. The van der Waals surface area contributed by atoms with Crippen LogP contribution in [0.15, 0.2) is 54.6 Å². The predicted molar refractivity (Wildman–Crippen MR) is 96.5 cm³/mol. The van der Waals surface area contributed by atoms with E-state index in [4.69, 9.17) is 5.73 Å². The quantitative estimate of drug-likeness (QED) is 0.702. The maximum Gasteiger partial charge on any atom is 0.0755 e. The summed E-state index contributed by atoms with van der Waals surface area (Å²) in [5.74, 6) is 0.130. The summed E-state index contributed by atoms with van der Waals surface area (Å²) >= 11 is 0. The first-order valence-electron chi connectivity index (χ1n) is 7.43. The van der Waals surface area contributed by atoms with Crippen LogP contribution in [-0.2, 0) is 0 Å². The molecular formula is C19H22ClNO. The van der Waals surface area contributed by atoms with Crippen molar-refractivity contribution in [1.82, 2.24) is 0 Å². The third-order valence-corrected chi connectivity index (χ3v) is 4.21. The molecule has 2 atom stereocenters. The highest BCUT2D eigenvalue weighted by Gasteiger charge is 2.22. The van der Waals surface area contributed by atoms with E-state index in [1.54, 1.807) is 0 Å². The summed E-state index contributed by atoms with van der Waals surface area (Å²) < 4.78 is 0. The summed E-state index contributed by atoms with van der Waals surface area (Å²) in [7, 11) is 0. The number of aliphatic hydroxyl groups excluding tert-OH is 1. The van der Waals surface area contributed by atoms with E-state index in [0.29, 0.717) is 0 Å². The lowest BCUT2D eigenvalue weighted by Gasteiger charge is -2.24. The van der Waals surface area contributed by atoms with Crippen molar-refractivity contribution in [3.8, 4) is 0 Å². The van der Waals surface area contributed by atoms with Gasteiger partial charge in [0.15, 0.2) is 0 Å². The van der Waals surface area contributed by atoms with Gasteiger partial charge in [-0.15, -0.1) is 12.4 Å². The molecule has 22 heavy (non-hydrogen) atoms. The minimum atomic E-state index is -0.547. The van der Waals surface area contributed by atoms with Crippen LogP contribution in [0.25, 0.3) is 21.5 Å². The zero-order valence-corrected chi connectivity index (χ0v) is 13.7. The van der Waals surface area contributed by atoms with Gasteiger partial charge < -0.3 is 10.8 Å². The zero-order chi connectivity index (χ0) is 15.0. The third kappa shape index (κ3) is 2.82. The summed E-state index contributed by atoms with van der Waals surface area (Å²) in [6, 6.07) is 18.3. The topological polar surface area (TPSA) is 46.2 Å². The van der Waals surface area contributed by atoms with Crippen molar-refractivity contribution in [3.05, 3.63) is 60.2 Å². The van der Waals surface area contributed by atoms with Crippen molar-refractivity contribution in [3.63, 3.8) is 0 Å². The molecule has 0 amide bonds. The molecule has 3 N–H and O–H groups in total. The number of nitrogens with two attached hydrogens (primary N) is 1. The van der Waals surface area contributed by atoms with E-state index in [-0.39, 0.29) is 24.4 Å². The summed E-state index contributed by atoms with van der Waals surface area (Å²) in [6.45, 7) is 3.99. The lowest BCUT2D eigenvalue weighted by Crippen LogP contribution is -2.30. The number of rotatable bonds is 3. The van der Waals surface area contributed by atoms with Gasteiger partial charge in [0.1, 0.15) is 0 Å². The molecule has 3 rings (SSSR count). The second-order valence-electron chi connectivity index (χ2n) is 5.99. The Morgan fingerprint density at radius 3 is 2.05 bits per heavy atom. The molecule has 0 saturated heterocycles. The highest BCUT2D eigenvalue weighted by molar-refractivity contribution is 6.09. The van der Waals surface area contributed by atoms with Crippen molar-refractivity contribution in [2.75, 3.05) is 0 Å². The number of hydrogen-bond donors (Lipinski definition) is 2.